The fourth-order valence-corrected chi connectivity index (χ4v) is 4.36. The van der Waals surface area contributed by atoms with Gasteiger partial charge in [0.15, 0.2) is 5.82 Å². The molecule has 0 radical (unpaired) electrons. The van der Waals surface area contributed by atoms with Gasteiger partial charge in [0.05, 0.1) is 28.5 Å². The Bertz CT molecular complexity index is 1660. The van der Waals surface area contributed by atoms with E-state index in [4.69, 9.17) is 23.1 Å². The Kier molecular flexibility index (Phi) is 5.44. The number of anilines is 3. The molecule has 5 N–H and O–H groups in total. The highest BCUT2D eigenvalue weighted by atomic mass is 35.5. The molecule has 3 heterocycles. The van der Waals surface area contributed by atoms with Gasteiger partial charge in [-0.1, -0.05) is 11.6 Å². The molecular formula is C23H18ClF2N9O. The number of aromatic nitrogens is 5. The van der Waals surface area contributed by atoms with Gasteiger partial charge in [-0.25, -0.2) is 13.8 Å². The van der Waals surface area contributed by atoms with Crippen LogP contribution in [0.3, 0.4) is 0 Å². The summed E-state index contributed by atoms with van der Waals surface area (Å²) in [7, 11) is 0. The van der Waals surface area contributed by atoms with Crippen molar-refractivity contribution < 1.29 is 8.78 Å². The zero-order valence-electron chi connectivity index (χ0n) is 18.8. The number of nitriles is 1. The number of nitrogens with two attached hydrogens (primary N) is 2. The number of benzene rings is 1. The zero-order chi connectivity index (χ0) is 25.8. The summed E-state index contributed by atoms with van der Waals surface area (Å²) in [6, 6.07) is 4.33. The first-order valence-electron chi connectivity index (χ1n) is 10.8. The molecule has 0 unspecified atom stereocenters. The second-order valence-corrected chi connectivity index (χ2v) is 8.94. The van der Waals surface area contributed by atoms with Crippen LogP contribution in [0.25, 0.3) is 16.6 Å². The van der Waals surface area contributed by atoms with Crippen LogP contribution in [0.15, 0.2) is 29.3 Å². The maximum Gasteiger partial charge on any atom is 0.267 e. The van der Waals surface area contributed by atoms with Crippen LogP contribution in [-0.2, 0) is 5.41 Å². The minimum atomic E-state index is -0.790. The minimum absolute atomic E-state index is 0.00635. The standard InChI is InChI=1S/C23H18ClF2N9O/c1-10-14(26)7-30-8-15(10)35-20(36)16-12(24)2-3-13(25)17(16)32-21(35)23(4-5-23)9-31-19-11(6-27)18(28)33-22(29)34-19/h2-3,7-8H,4-5,9H2,1H3,(H5,28,29,31,33,34). The third kappa shape index (κ3) is 3.64. The van der Waals surface area contributed by atoms with E-state index in [2.05, 4.69) is 25.3 Å². The average Bonchev–Trinajstić information content (AvgIpc) is 3.62. The van der Waals surface area contributed by atoms with Crippen LogP contribution in [0.4, 0.5) is 26.4 Å². The summed E-state index contributed by atoms with van der Waals surface area (Å²) < 4.78 is 30.5. The summed E-state index contributed by atoms with van der Waals surface area (Å²) >= 11 is 6.26. The lowest BCUT2D eigenvalue weighted by molar-refractivity contribution is 0.598. The predicted molar refractivity (Wildman–Crippen MR) is 130 cm³/mol. The van der Waals surface area contributed by atoms with E-state index in [0.29, 0.717) is 12.8 Å². The molecule has 0 saturated heterocycles. The molecule has 1 fully saturated rings. The number of nitrogen functional groups attached to an aromatic ring is 2. The van der Waals surface area contributed by atoms with Crippen molar-refractivity contribution in [2.45, 2.75) is 25.2 Å². The van der Waals surface area contributed by atoms with E-state index in [0.717, 1.165) is 12.3 Å². The number of hydrogen-bond acceptors (Lipinski definition) is 9. The summed E-state index contributed by atoms with van der Waals surface area (Å²) in [6.45, 7) is 1.64. The molecule has 3 aromatic heterocycles. The Morgan fingerprint density at radius 1 is 1.19 bits per heavy atom. The summed E-state index contributed by atoms with van der Waals surface area (Å²) in [5.74, 6) is -1.25. The highest BCUT2D eigenvalue weighted by Crippen LogP contribution is 2.48. The van der Waals surface area contributed by atoms with Crippen molar-refractivity contribution in [3.05, 3.63) is 68.5 Å². The fourth-order valence-electron chi connectivity index (χ4n) is 4.13. The Hall–Kier alpha value is -4.37. The SMILES string of the molecule is Cc1c(F)cncc1-n1c(C2(CNc3nc(N)nc(N)c3C#N)CC2)nc2c(F)ccc(Cl)c2c1=O. The largest absolute Gasteiger partial charge is 0.382 e. The third-order valence-electron chi connectivity index (χ3n) is 6.28. The average molecular weight is 510 g/mol. The molecule has 13 heteroatoms. The molecule has 1 aliphatic rings. The predicted octanol–water partition coefficient (Wildman–Crippen LogP) is 2.99. The topological polar surface area (TPSA) is 161 Å². The van der Waals surface area contributed by atoms with Gasteiger partial charge in [0.2, 0.25) is 5.95 Å². The van der Waals surface area contributed by atoms with Crippen LogP contribution in [0.5, 0.6) is 0 Å². The first-order chi connectivity index (χ1) is 17.2. The molecule has 1 aromatic carbocycles. The van der Waals surface area contributed by atoms with E-state index >= 15 is 0 Å². The maximum atomic E-state index is 14.8. The monoisotopic (exact) mass is 509 g/mol. The lowest BCUT2D eigenvalue weighted by Gasteiger charge is -2.23. The van der Waals surface area contributed by atoms with Crippen LogP contribution in [0.1, 0.15) is 29.8 Å². The van der Waals surface area contributed by atoms with E-state index in [1.54, 1.807) is 0 Å². The molecular weight excluding hydrogens is 492 g/mol. The van der Waals surface area contributed by atoms with Crippen molar-refractivity contribution in [2.24, 2.45) is 0 Å². The van der Waals surface area contributed by atoms with E-state index < -0.39 is 22.6 Å². The van der Waals surface area contributed by atoms with Crippen LogP contribution < -0.4 is 22.3 Å². The zero-order valence-corrected chi connectivity index (χ0v) is 19.6. The van der Waals surface area contributed by atoms with Crippen molar-refractivity contribution in [3.8, 4) is 11.8 Å². The Labute approximate surface area is 207 Å². The van der Waals surface area contributed by atoms with Crippen molar-refractivity contribution >= 4 is 40.1 Å². The van der Waals surface area contributed by atoms with Gasteiger partial charge in [-0.2, -0.15) is 15.2 Å². The van der Waals surface area contributed by atoms with Crippen molar-refractivity contribution in [1.82, 2.24) is 24.5 Å². The molecule has 0 aliphatic heterocycles. The van der Waals surface area contributed by atoms with Crippen LogP contribution in [0, 0.1) is 29.9 Å². The van der Waals surface area contributed by atoms with Crippen LogP contribution >= 0.6 is 11.6 Å². The van der Waals surface area contributed by atoms with Gasteiger partial charge in [0.1, 0.15) is 40.4 Å². The van der Waals surface area contributed by atoms with E-state index in [9.17, 15) is 18.8 Å². The summed E-state index contributed by atoms with van der Waals surface area (Å²) in [5, 5.41) is 12.4. The van der Waals surface area contributed by atoms with Gasteiger partial charge in [-0.15, -0.1) is 0 Å². The summed E-state index contributed by atoms with van der Waals surface area (Å²) in [6.07, 6.45) is 3.49. The Balaban J connectivity index is 1.72. The number of halogens is 3. The molecule has 4 aromatic rings. The molecule has 182 valence electrons. The van der Waals surface area contributed by atoms with Crippen LogP contribution in [0.2, 0.25) is 5.02 Å². The fraction of sp³-hybridized carbons (Fsp3) is 0.217. The van der Waals surface area contributed by atoms with E-state index in [-0.39, 0.29) is 62.7 Å². The van der Waals surface area contributed by atoms with Gasteiger partial charge in [-0.3, -0.25) is 14.3 Å². The highest BCUT2D eigenvalue weighted by Gasteiger charge is 2.49. The van der Waals surface area contributed by atoms with Crippen molar-refractivity contribution in [3.63, 3.8) is 0 Å². The molecule has 36 heavy (non-hydrogen) atoms. The van der Waals surface area contributed by atoms with E-state index in [1.165, 1.54) is 23.8 Å². The van der Waals surface area contributed by atoms with Crippen LogP contribution in [-0.4, -0.2) is 31.0 Å². The molecule has 0 bridgehead atoms. The number of pyridine rings is 1. The molecule has 0 atom stereocenters. The second-order valence-electron chi connectivity index (χ2n) is 8.53. The molecule has 5 rings (SSSR count). The normalized spacial score (nSPS) is 14.0. The van der Waals surface area contributed by atoms with Gasteiger partial charge < -0.3 is 16.8 Å². The van der Waals surface area contributed by atoms with Gasteiger partial charge >= 0.3 is 0 Å². The molecule has 0 spiro atoms. The van der Waals surface area contributed by atoms with E-state index in [1.807, 2.05) is 6.07 Å². The minimum Gasteiger partial charge on any atom is -0.382 e. The number of fused-ring (bicyclic) bond motifs is 1. The van der Waals surface area contributed by atoms with Gasteiger partial charge in [-0.05, 0) is 31.9 Å². The molecule has 0 amide bonds. The van der Waals surface area contributed by atoms with Gasteiger partial charge in [0.25, 0.3) is 5.56 Å². The smallest absolute Gasteiger partial charge is 0.267 e. The second kappa shape index (κ2) is 8.39. The number of rotatable bonds is 5. The lowest BCUT2D eigenvalue weighted by Crippen LogP contribution is -2.33. The molecule has 10 nitrogen and oxygen atoms in total. The number of nitrogens with one attached hydrogen (secondary N) is 1. The maximum absolute atomic E-state index is 14.8. The third-order valence-corrected chi connectivity index (χ3v) is 6.60. The highest BCUT2D eigenvalue weighted by molar-refractivity contribution is 6.35. The Morgan fingerprint density at radius 2 is 1.94 bits per heavy atom. The molecule has 1 aliphatic carbocycles. The number of nitrogens with zero attached hydrogens (tertiary/aromatic N) is 6. The first-order valence-corrected chi connectivity index (χ1v) is 11.1. The lowest BCUT2D eigenvalue weighted by atomic mass is 10.0. The summed E-state index contributed by atoms with van der Waals surface area (Å²) in [4.78, 5) is 30.0. The summed E-state index contributed by atoms with van der Waals surface area (Å²) in [5.41, 5.74) is 10.2. The quantitative estimate of drug-likeness (QED) is 0.367. The molecule has 1 saturated carbocycles. The van der Waals surface area contributed by atoms with Crippen molar-refractivity contribution in [2.75, 3.05) is 23.3 Å². The first kappa shape index (κ1) is 23.4. The Morgan fingerprint density at radius 3 is 2.64 bits per heavy atom. The number of hydrogen-bond donors (Lipinski definition) is 3. The van der Waals surface area contributed by atoms with Crippen molar-refractivity contribution in [1.29, 1.82) is 5.26 Å². The van der Waals surface area contributed by atoms with Gasteiger partial charge in [0, 0.05) is 17.5 Å².